The van der Waals surface area contributed by atoms with Crippen molar-refractivity contribution in [3.8, 4) is 0 Å². The topological polar surface area (TPSA) is 29.5 Å². The van der Waals surface area contributed by atoms with E-state index in [1.807, 2.05) is 54.6 Å². The van der Waals surface area contributed by atoms with Crippen molar-refractivity contribution in [2.45, 2.75) is 31.3 Å². The average molecular weight is 364 g/mol. The summed E-state index contributed by atoms with van der Waals surface area (Å²) in [7, 11) is 4.17. The summed E-state index contributed by atoms with van der Waals surface area (Å²) in [5.74, 6) is 0.0195. The molecule has 3 nitrogen and oxygen atoms in total. The van der Waals surface area contributed by atoms with Crippen LogP contribution in [0.3, 0.4) is 0 Å². The van der Waals surface area contributed by atoms with E-state index >= 15 is 0 Å². The van der Waals surface area contributed by atoms with E-state index in [2.05, 4.69) is 31.1 Å². The molecule has 1 aliphatic rings. The summed E-state index contributed by atoms with van der Waals surface area (Å²) in [5, 5.41) is 0. The van der Waals surface area contributed by atoms with Crippen LogP contribution in [0.4, 0.5) is 0 Å². The molecule has 2 aromatic carbocycles. The number of nitrogens with zero attached hydrogens (tertiary/aromatic N) is 1. The summed E-state index contributed by atoms with van der Waals surface area (Å²) in [5.41, 5.74) is 1.55. The first-order valence-electron chi connectivity index (χ1n) is 9.76. The highest BCUT2D eigenvalue weighted by Gasteiger charge is 2.45. The van der Waals surface area contributed by atoms with Crippen LogP contribution in [0.2, 0.25) is 0 Å². The first kappa shape index (κ1) is 19.4. The van der Waals surface area contributed by atoms with E-state index < -0.39 is 5.60 Å². The second kappa shape index (κ2) is 9.01. The lowest BCUT2D eigenvalue weighted by molar-refractivity contribution is -0.168. The molecule has 0 saturated heterocycles. The summed E-state index contributed by atoms with van der Waals surface area (Å²) >= 11 is 0. The normalized spacial score (nSPS) is 22.9. The number of hydrogen-bond acceptors (Lipinski definition) is 3. The third-order valence-corrected chi connectivity index (χ3v) is 5.35. The average Bonchev–Trinajstić information content (AvgIpc) is 2.69. The molecule has 0 heterocycles. The maximum atomic E-state index is 12.8. The molecule has 3 heteroatoms. The van der Waals surface area contributed by atoms with Crippen LogP contribution < -0.4 is 0 Å². The van der Waals surface area contributed by atoms with Crippen molar-refractivity contribution in [1.82, 2.24) is 4.90 Å². The largest absolute Gasteiger partial charge is 0.451 e. The Kier molecular flexibility index (Phi) is 6.46. The van der Waals surface area contributed by atoms with Gasteiger partial charge in [-0.1, -0.05) is 67.1 Å². The summed E-state index contributed by atoms with van der Waals surface area (Å²) < 4.78 is 6.25. The van der Waals surface area contributed by atoms with Gasteiger partial charge in [-0.15, -0.1) is 0 Å². The zero-order valence-corrected chi connectivity index (χ0v) is 16.3. The van der Waals surface area contributed by atoms with Crippen molar-refractivity contribution in [2.75, 3.05) is 20.6 Å². The monoisotopic (exact) mass is 363 g/mol. The Morgan fingerprint density at radius 2 is 1.74 bits per heavy atom. The molecular formula is C24H29NO2. The van der Waals surface area contributed by atoms with Crippen molar-refractivity contribution in [1.29, 1.82) is 0 Å². The highest BCUT2D eigenvalue weighted by Crippen LogP contribution is 2.45. The Balaban J connectivity index is 1.88. The van der Waals surface area contributed by atoms with Gasteiger partial charge < -0.3 is 9.64 Å². The number of ether oxygens (including phenoxy) is 1. The van der Waals surface area contributed by atoms with Gasteiger partial charge in [0.1, 0.15) is 5.60 Å². The molecule has 2 unspecified atom stereocenters. The van der Waals surface area contributed by atoms with E-state index in [4.69, 9.17) is 4.74 Å². The minimum atomic E-state index is -0.554. The molecule has 142 valence electrons. The van der Waals surface area contributed by atoms with Crippen molar-refractivity contribution < 1.29 is 9.53 Å². The number of hydrogen-bond donors (Lipinski definition) is 0. The maximum Gasteiger partial charge on any atom is 0.331 e. The molecule has 2 aromatic rings. The fourth-order valence-electron chi connectivity index (χ4n) is 4.13. The lowest BCUT2D eigenvalue weighted by Gasteiger charge is -2.44. The van der Waals surface area contributed by atoms with E-state index in [1.165, 1.54) is 6.42 Å². The van der Waals surface area contributed by atoms with Crippen LogP contribution in [0, 0.1) is 5.92 Å². The van der Waals surface area contributed by atoms with Crippen LogP contribution >= 0.6 is 0 Å². The number of carbonyl (C=O) groups excluding carboxylic acids is 1. The Morgan fingerprint density at radius 3 is 2.41 bits per heavy atom. The van der Waals surface area contributed by atoms with E-state index in [-0.39, 0.29) is 11.9 Å². The molecular weight excluding hydrogens is 334 g/mol. The summed E-state index contributed by atoms with van der Waals surface area (Å²) in [6.45, 7) is 0.907. The molecule has 0 bridgehead atoms. The second-order valence-corrected chi connectivity index (χ2v) is 7.63. The van der Waals surface area contributed by atoms with Crippen LogP contribution in [-0.2, 0) is 15.1 Å². The molecule has 0 aromatic heterocycles. The standard InChI is InChI=1S/C24H29NO2/c1-25(2)19-22-15-9-10-18-24(22,21-13-7-4-8-14-21)27-23(26)17-16-20-11-5-3-6-12-20/h3-8,11-14,16-17,22H,9-10,15,18-19H2,1-2H3/b17-16+. The van der Waals surface area contributed by atoms with Gasteiger partial charge in [0.05, 0.1) is 0 Å². The minimum Gasteiger partial charge on any atom is -0.451 e. The molecule has 0 spiro atoms. The summed E-state index contributed by atoms with van der Waals surface area (Å²) in [6, 6.07) is 20.1. The molecule has 1 saturated carbocycles. The van der Waals surface area contributed by atoms with Gasteiger partial charge in [0.2, 0.25) is 0 Å². The smallest absolute Gasteiger partial charge is 0.331 e. The van der Waals surface area contributed by atoms with Gasteiger partial charge in [0.15, 0.2) is 0 Å². The van der Waals surface area contributed by atoms with Gasteiger partial charge in [0, 0.05) is 18.5 Å². The molecule has 27 heavy (non-hydrogen) atoms. The first-order chi connectivity index (χ1) is 13.1. The van der Waals surface area contributed by atoms with Crippen LogP contribution in [0.15, 0.2) is 66.7 Å². The van der Waals surface area contributed by atoms with Crippen molar-refractivity contribution in [3.63, 3.8) is 0 Å². The van der Waals surface area contributed by atoms with Gasteiger partial charge in [-0.25, -0.2) is 4.79 Å². The highest BCUT2D eigenvalue weighted by molar-refractivity contribution is 5.87. The van der Waals surface area contributed by atoms with Crippen molar-refractivity contribution in [2.24, 2.45) is 5.92 Å². The molecule has 2 atom stereocenters. The molecule has 0 amide bonds. The van der Waals surface area contributed by atoms with Crippen LogP contribution in [0.1, 0.15) is 36.8 Å². The van der Waals surface area contributed by atoms with Crippen molar-refractivity contribution in [3.05, 3.63) is 77.9 Å². The SMILES string of the molecule is CN(C)CC1CCCCC1(OC(=O)/C=C/c1ccccc1)c1ccccc1. The molecule has 1 aliphatic carbocycles. The Bertz CT molecular complexity index is 754. The number of carbonyl (C=O) groups is 1. The van der Waals surface area contributed by atoms with Gasteiger partial charge in [0.25, 0.3) is 0 Å². The van der Waals surface area contributed by atoms with Crippen LogP contribution in [0.25, 0.3) is 6.08 Å². The molecule has 0 aliphatic heterocycles. The fraction of sp³-hybridized carbons (Fsp3) is 0.375. The molecule has 0 radical (unpaired) electrons. The molecule has 0 N–H and O–H groups in total. The van der Waals surface area contributed by atoms with E-state index in [0.29, 0.717) is 0 Å². The number of benzene rings is 2. The predicted molar refractivity (Wildman–Crippen MR) is 110 cm³/mol. The summed E-state index contributed by atoms with van der Waals surface area (Å²) in [6.07, 6.45) is 7.59. The number of esters is 1. The van der Waals surface area contributed by atoms with E-state index in [9.17, 15) is 4.79 Å². The third kappa shape index (κ3) is 4.86. The van der Waals surface area contributed by atoms with Crippen LogP contribution in [-0.4, -0.2) is 31.5 Å². The Hall–Kier alpha value is -2.39. The second-order valence-electron chi connectivity index (χ2n) is 7.63. The zero-order chi connectivity index (χ0) is 19.1. The zero-order valence-electron chi connectivity index (χ0n) is 16.3. The van der Waals surface area contributed by atoms with Gasteiger partial charge >= 0.3 is 5.97 Å². The first-order valence-corrected chi connectivity index (χ1v) is 9.76. The van der Waals surface area contributed by atoms with Crippen LogP contribution in [0.5, 0.6) is 0 Å². The minimum absolute atomic E-state index is 0.270. The lowest BCUT2D eigenvalue weighted by Crippen LogP contribution is -2.46. The predicted octanol–water partition coefficient (Wildman–Crippen LogP) is 4.89. The lowest BCUT2D eigenvalue weighted by atomic mass is 9.71. The van der Waals surface area contributed by atoms with Crippen molar-refractivity contribution >= 4 is 12.0 Å². The Morgan fingerprint density at radius 1 is 1.07 bits per heavy atom. The third-order valence-electron chi connectivity index (χ3n) is 5.35. The maximum absolute atomic E-state index is 12.8. The van der Waals surface area contributed by atoms with Gasteiger partial charge in [-0.3, -0.25) is 0 Å². The van der Waals surface area contributed by atoms with E-state index in [1.54, 1.807) is 6.08 Å². The summed E-state index contributed by atoms with van der Waals surface area (Å²) in [4.78, 5) is 15.0. The quantitative estimate of drug-likeness (QED) is 0.540. The highest BCUT2D eigenvalue weighted by atomic mass is 16.6. The molecule has 1 fully saturated rings. The fourth-order valence-corrected chi connectivity index (χ4v) is 4.13. The van der Waals surface area contributed by atoms with Gasteiger partial charge in [-0.05, 0) is 50.6 Å². The molecule has 3 rings (SSSR count). The Labute approximate surface area is 162 Å². The van der Waals surface area contributed by atoms with E-state index in [0.717, 1.165) is 36.9 Å². The number of rotatable bonds is 6. The van der Waals surface area contributed by atoms with Gasteiger partial charge in [-0.2, -0.15) is 0 Å².